The van der Waals surface area contributed by atoms with Crippen LogP contribution < -0.4 is 10.4 Å². The molecule has 0 fully saturated rings. The zero-order chi connectivity index (χ0) is 23.4. The predicted molar refractivity (Wildman–Crippen MR) is 147 cm³/mol. The van der Waals surface area contributed by atoms with Crippen molar-refractivity contribution >= 4 is 28.7 Å². The summed E-state index contributed by atoms with van der Waals surface area (Å²) in [6.45, 7) is 11.5. The number of benzene rings is 4. The summed E-state index contributed by atoms with van der Waals surface area (Å²) in [4.78, 5) is 0. The molecule has 1 unspecified atom stereocenters. The summed E-state index contributed by atoms with van der Waals surface area (Å²) in [5, 5.41) is 3.05. The minimum atomic E-state index is -1.13. The monoisotopic (exact) mass is 461 g/mol. The van der Waals surface area contributed by atoms with Gasteiger partial charge >= 0.3 is 0 Å². The van der Waals surface area contributed by atoms with E-state index < -0.39 is 8.80 Å². The molecule has 3 radical (unpaired) electrons. The van der Waals surface area contributed by atoms with E-state index in [0.29, 0.717) is 0 Å². The molecule has 0 nitrogen and oxygen atoms in total. The van der Waals surface area contributed by atoms with E-state index in [0.717, 1.165) is 15.6 Å². The van der Waals surface area contributed by atoms with Crippen LogP contribution in [0.2, 0.25) is 0 Å². The summed E-state index contributed by atoms with van der Waals surface area (Å²) in [5.41, 5.74) is 8.33. The molecule has 0 aromatic heterocycles. The van der Waals surface area contributed by atoms with E-state index in [4.69, 9.17) is 0 Å². The summed E-state index contributed by atoms with van der Waals surface area (Å²) < 4.78 is 0.0717. The van der Waals surface area contributed by atoms with Crippen LogP contribution in [0, 0.1) is 27.7 Å². The van der Waals surface area contributed by atoms with Gasteiger partial charge in [0.1, 0.15) is 8.80 Å². The lowest BCUT2D eigenvalue weighted by Crippen LogP contribution is -2.60. The van der Waals surface area contributed by atoms with E-state index in [2.05, 4.69) is 132 Å². The largest absolute Gasteiger partial charge is 0.128 e. The Bertz CT molecular complexity index is 1120. The standard InChI is InChI=1S/C31H33Si2/c1-23-16-24(2)19-29(18-23)33(30-20-25(3)17-26(4)21-30)31(5,28-14-10-7-11-15-28)32-22-27-12-8-6-9-13-27/h6-21H,22H2,1-5H3. The van der Waals surface area contributed by atoms with Crippen molar-refractivity contribution in [2.45, 2.75) is 45.3 Å². The topological polar surface area (TPSA) is 0 Å². The molecule has 4 aromatic rings. The molecule has 0 saturated carbocycles. The third kappa shape index (κ3) is 5.46. The molecule has 0 bridgehead atoms. The average Bonchev–Trinajstić information content (AvgIpc) is 2.78. The first-order valence-electron chi connectivity index (χ1n) is 11.7. The van der Waals surface area contributed by atoms with Gasteiger partial charge in [-0.25, -0.2) is 0 Å². The smallest absolute Gasteiger partial charge is 0.0622 e. The van der Waals surface area contributed by atoms with Crippen molar-refractivity contribution in [3.05, 3.63) is 130 Å². The van der Waals surface area contributed by atoms with Crippen LogP contribution >= 0.6 is 0 Å². The average molecular weight is 462 g/mol. The van der Waals surface area contributed by atoms with Gasteiger partial charge in [0, 0.05) is 0 Å². The van der Waals surface area contributed by atoms with Crippen LogP contribution in [0.4, 0.5) is 0 Å². The first-order valence-corrected chi connectivity index (χ1v) is 14.4. The lowest BCUT2D eigenvalue weighted by molar-refractivity contribution is 0.923. The highest BCUT2D eigenvalue weighted by atomic mass is 28.3. The van der Waals surface area contributed by atoms with Crippen LogP contribution in [0.15, 0.2) is 97.1 Å². The molecule has 1 atom stereocenters. The van der Waals surface area contributed by atoms with E-state index in [1.54, 1.807) is 0 Å². The summed E-state index contributed by atoms with van der Waals surface area (Å²) in [5.74, 6) is 0. The van der Waals surface area contributed by atoms with Crippen molar-refractivity contribution in [2.24, 2.45) is 0 Å². The fourth-order valence-corrected chi connectivity index (χ4v) is 11.4. The Balaban J connectivity index is 1.92. The molecular weight excluding hydrogens is 429 g/mol. The normalized spacial score (nSPS) is 13.2. The molecule has 2 heteroatoms. The Morgan fingerprint density at radius 1 is 0.606 bits per heavy atom. The van der Waals surface area contributed by atoms with Crippen molar-refractivity contribution in [1.29, 1.82) is 0 Å². The summed E-state index contributed by atoms with van der Waals surface area (Å²) in [6, 6.07) is 37.8. The Hall–Kier alpha value is -2.69. The van der Waals surface area contributed by atoms with Gasteiger partial charge in [-0.05, 0) is 44.0 Å². The van der Waals surface area contributed by atoms with Crippen LogP contribution in [0.1, 0.15) is 40.3 Å². The molecule has 0 aliphatic heterocycles. The van der Waals surface area contributed by atoms with Crippen molar-refractivity contribution in [1.82, 2.24) is 0 Å². The molecule has 0 saturated heterocycles. The summed E-state index contributed by atoms with van der Waals surface area (Å²) in [6.07, 6.45) is 0. The lowest BCUT2D eigenvalue weighted by atomic mass is 10.1. The third-order valence-electron chi connectivity index (χ3n) is 6.36. The van der Waals surface area contributed by atoms with Crippen molar-refractivity contribution in [3.63, 3.8) is 0 Å². The molecular formula is C31H33Si2. The van der Waals surface area contributed by atoms with Gasteiger partial charge in [0.25, 0.3) is 0 Å². The minimum Gasteiger partial charge on any atom is -0.0622 e. The van der Waals surface area contributed by atoms with Gasteiger partial charge < -0.3 is 0 Å². The quantitative estimate of drug-likeness (QED) is 0.301. The Morgan fingerprint density at radius 3 is 1.48 bits per heavy atom. The molecule has 0 amide bonds. The van der Waals surface area contributed by atoms with Gasteiger partial charge in [0.2, 0.25) is 0 Å². The van der Waals surface area contributed by atoms with Gasteiger partial charge in [-0.2, -0.15) is 0 Å². The molecule has 4 aromatic carbocycles. The number of hydrogen-bond acceptors (Lipinski definition) is 0. The van der Waals surface area contributed by atoms with Gasteiger partial charge in [-0.3, -0.25) is 0 Å². The first kappa shape index (κ1) is 23.5. The van der Waals surface area contributed by atoms with E-state index in [9.17, 15) is 0 Å². The molecule has 0 aliphatic rings. The SMILES string of the molecule is Cc1cc(C)cc([Si](c2cc(C)cc(C)c2)C(C)([Si]Cc2ccccc2)c2ccccc2)c1. The number of aryl methyl sites for hydroxylation is 4. The maximum absolute atomic E-state index is 2.54. The summed E-state index contributed by atoms with van der Waals surface area (Å²) in [7, 11) is -0.340. The summed E-state index contributed by atoms with van der Waals surface area (Å²) >= 11 is 0. The minimum absolute atomic E-state index is 0.0717. The van der Waals surface area contributed by atoms with Gasteiger partial charge in [-0.15, -0.1) is 0 Å². The van der Waals surface area contributed by atoms with E-state index in [1.165, 1.54) is 43.8 Å². The van der Waals surface area contributed by atoms with E-state index in [1.807, 2.05) is 0 Å². The second-order valence-corrected chi connectivity index (χ2v) is 14.6. The third-order valence-corrected chi connectivity index (χ3v) is 12.2. The van der Waals surface area contributed by atoms with Gasteiger partial charge in [0.05, 0.1) is 9.52 Å². The maximum Gasteiger partial charge on any atom is 0.128 e. The molecule has 0 aliphatic carbocycles. The second-order valence-electron chi connectivity index (χ2n) is 9.46. The highest BCUT2D eigenvalue weighted by Gasteiger charge is 2.40. The Labute approximate surface area is 204 Å². The van der Waals surface area contributed by atoms with Crippen molar-refractivity contribution in [2.75, 3.05) is 0 Å². The molecule has 0 heterocycles. The van der Waals surface area contributed by atoms with Crippen LogP contribution in [0.3, 0.4) is 0 Å². The van der Waals surface area contributed by atoms with Crippen LogP contribution in [-0.4, -0.2) is 18.3 Å². The number of hydrogen-bond donors (Lipinski definition) is 0. The zero-order valence-corrected chi connectivity index (χ0v) is 22.4. The lowest BCUT2D eigenvalue weighted by Gasteiger charge is -2.38. The molecule has 4 rings (SSSR count). The Kier molecular flexibility index (Phi) is 7.16. The van der Waals surface area contributed by atoms with Crippen LogP contribution in [0.5, 0.6) is 0 Å². The van der Waals surface area contributed by atoms with Crippen LogP contribution in [0.25, 0.3) is 0 Å². The van der Waals surface area contributed by atoms with Gasteiger partial charge in [0.15, 0.2) is 0 Å². The maximum atomic E-state index is 2.54. The first-order chi connectivity index (χ1) is 15.8. The van der Waals surface area contributed by atoms with Gasteiger partial charge in [-0.1, -0.05) is 142 Å². The Morgan fingerprint density at radius 2 is 1.03 bits per heavy atom. The number of rotatable bonds is 7. The zero-order valence-electron chi connectivity index (χ0n) is 20.4. The molecule has 165 valence electrons. The molecule has 0 N–H and O–H groups in total. The second kappa shape index (κ2) is 10.1. The predicted octanol–water partition coefficient (Wildman–Crippen LogP) is 5.89. The fourth-order valence-electron chi connectivity index (χ4n) is 4.96. The van der Waals surface area contributed by atoms with Crippen LogP contribution in [-0.2, 0) is 10.7 Å². The molecule has 0 spiro atoms. The van der Waals surface area contributed by atoms with E-state index in [-0.39, 0.29) is 4.66 Å². The van der Waals surface area contributed by atoms with E-state index >= 15 is 0 Å². The highest BCUT2D eigenvalue weighted by Crippen LogP contribution is 2.28. The fraction of sp³-hybridized carbons (Fsp3) is 0.226. The van der Waals surface area contributed by atoms with Crippen molar-refractivity contribution in [3.8, 4) is 0 Å². The molecule has 33 heavy (non-hydrogen) atoms. The highest BCUT2D eigenvalue weighted by molar-refractivity contribution is 6.93. The van der Waals surface area contributed by atoms with Crippen molar-refractivity contribution < 1.29 is 0 Å².